The smallest absolute Gasteiger partial charge is 0.0587 e. The van der Waals surface area contributed by atoms with Crippen molar-refractivity contribution in [3.05, 3.63) is 35.4 Å². The van der Waals surface area contributed by atoms with Crippen molar-refractivity contribution in [3.8, 4) is 0 Å². The average molecular weight is 235 g/mol. The number of nitrogens with one attached hydrogen (secondary N) is 1. The van der Waals surface area contributed by atoms with Crippen LogP contribution in [-0.2, 0) is 17.6 Å². The highest BCUT2D eigenvalue weighted by Gasteiger charge is 1.95. The summed E-state index contributed by atoms with van der Waals surface area (Å²) < 4.78 is 4.98. The topological polar surface area (TPSA) is 21.3 Å². The van der Waals surface area contributed by atoms with Crippen LogP contribution in [0.2, 0.25) is 0 Å². The lowest BCUT2D eigenvalue weighted by molar-refractivity contribution is 0.199. The van der Waals surface area contributed by atoms with Crippen molar-refractivity contribution in [2.75, 3.05) is 26.8 Å². The van der Waals surface area contributed by atoms with Crippen molar-refractivity contribution in [3.63, 3.8) is 0 Å². The Morgan fingerprint density at radius 2 is 1.65 bits per heavy atom. The Morgan fingerprint density at radius 1 is 1.00 bits per heavy atom. The van der Waals surface area contributed by atoms with E-state index in [0.717, 1.165) is 26.1 Å². The normalized spacial score (nSPS) is 10.7. The summed E-state index contributed by atoms with van der Waals surface area (Å²) in [6.07, 6.45) is 4.77. The predicted molar refractivity (Wildman–Crippen MR) is 73.5 cm³/mol. The van der Waals surface area contributed by atoms with Gasteiger partial charge in [0, 0.05) is 13.7 Å². The summed E-state index contributed by atoms with van der Waals surface area (Å²) in [5.74, 6) is 0. The third-order valence-corrected chi connectivity index (χ3v) is 2.86. The van der Waals surface area contributed by atoms with Gasteiger partial charge in [-0.2, -0.15) is 0 Å². The predicted octanol–water partition coefficient (Wildman–Crippen LogP) is 2.81. The minimum atomic E-state index is 0.797. The Morgan fingerprint density at radius 3 is 2.24 bits per heavy atom. The number of ether oxygens (including phenoxy) is 1. The van der Waals surface area contributed by atoms with Crippen LogP contribution in [0.3, 0.4) is 0 Å². The number of aryl methyl sites for hydroxylation is 2. The molecule has 0 fully saturated rings. The Kier molecular flexibility index (Phi) is 7.69. The summed E-state index contributed by atoms with van der Waals surface area (Å²) >= 11 is 0. The molecule has 1 N–H and O–H groups in total. The quantitative estimate of drug-likeness (QED) is 0.665. The molecule has 1 aromatic carbocycles. The summed E-state index contributed by atoms with van der Waals surface area (Å²) in [4.78, 5) is 0. The number of benzene rings is 1. The van der Waals surface area contributed by atoms with Crippen LogP contribution in [0.5, 0.6) is 0 Å². The first-order valence-corrected chi connectivity index (χ1v) is 6.64. The molecule has 0 unspecified atom stereocenters. The van der Waals surface area contributed by atoms with Crippen molar-refractivity contribution < 1.29 is 4.74 Å². The van der Waals surface area contributed by atoms with E-state index in [1.54, 1.807) is 7.11 Å². The van der Waals surface area contributed by atoms with Gasteiger partial charge >= 0.3 is 0 Å². The van der Waals surface area contributed by atoms with E-state index in [-0.39, 0.29) is 0 Å². The second-order valence-electron chi connectivity index (χ2n) is 4.41. The molecular weight excluding hydrogens is 210 g/mol. The van der Waals surface area contributed by atoms with Crippen molar-refractivity contribution in [2.45, 2.75) is 32.6 Å². The maximum absolute atomic E-state index is 4.98. The van der Waals surface area contributed by atoms with Gasteiger partial charge in [0.05, 0.1) is 6.61 Å². The van der Waals surface area contributed by atoms with Gasteiger partial charge in [0.25, 0.3) is 0 Å². The van der Waals surface area contributed by atoms with Gasteiger partial charge in [-0.15, -0.1) is 0 Å². The summed E-state index contributed by atoms with van der Waals surface area (Å²) in [6.45, 7) is 5.04. The van der Waals surface area contributed by atoms with E-state index in [4.69, 9.17) is 4.74 Å². The van der Waals surface area contributed by atoms with E-state index < -0.39 is 0 Å². The van der Waals surface area contributed by atoms with E-state index in [2.05, 4.69) is 36.5 Å². The third kappa shape index (κ3) is 6.44. The molecule has 0 radical (unpaired) electrons. The van der Waals surface area contributed by atoms with Gasteiger partial charge in [0.15, 0.2) is 0 Å². The van der Waals surface area contributed by atoms with Crippen molar-refractivity contribution >= 4 is 0 Å². The minimum Gasteiger partial charge on any atom is -0.383 e. The molecule has 0 atom stereocenters. The molecule has 0 saturated heterocycles. The highest BCUT2D eigenvalue weighted by atomic mass is 16.5. The van der Waals surface area contributed by atoms with E-state index in [1.165, 1.54) is 30.4 Å². The molecule has 96 valence electrons. The van der Waals surface area contributed by atoms with Gasteiger partial charge in [-0.05, 0) is 36.9 Å². The standard InChI is InChI=1S/C15H25NO/c1-3-5-14-7-9-15(10-8-14)6-4-11-16-12-13-17-2/h7-10,16H,3-6,11-13H2,1-2H3. The summed E-state index contributed by atoms with van der Waals surface area (Å²) in [6, 6.07) is 9.05. The van der Waals surface area contributed by atoms with Crippen LogP contribution in [0, 0.1) is 0 Å². The van der Waals surface area contributed by atoms with Crippen LogP contribution in [0.1, 0.15) is 30.9 Å². The number of hydrogen-bond acceptors (Lipinski definition) is 2. The first kappa shape index (κ1) is 14.2. The Bertz CT molecular complexity index is 281. The van der Waals surface area contributed by atoms with Crippen LogP contribution in [0.15, 0.2) is 24.3 Å². The number of hydrogen-bond donors (Lipinski definition) is 1. The molecule has 2 heteroatoms. The fourth-order valence-corrected chi connectivity index (χ4v) is 1.88. The Balaban J connectivity index is 2.14. The summed E-state index contributed by atoms with van der Waals surface area (Å²) in [5.41, 5.74) is 2.90. The SMILES string of the molecule is CCCc1ccc(CCCNCCOC)cc1. The summed E-state index contributed by atoms with van der Waals surface area (Å²) in [5, 5.41) is 3.36. The fourth-order valence-electron chi connectivity index (χ4n) is 1.88. The van der Waals surface area contributed by atoms with Crippen molar-refractivity contribution in [1.29, 1.82) is 0 Å². The molecule has 17 heavy (non-hydrogen) atoms. The molecule has 0 aromatic heterocycles. The molecule has 0 heterocycles. The molecule has 0 saturated carbocycles. The van der Waals surface area contributed by atoms with Gasteiger partial charge in [0.1, 0.15) is 0 Å². The summed E-state index contributed by atoms with van der Waals surface area (Å²) in [7, 11) is 1.74. The van der Waals surface area contributed by atoms with E-state index in [9.17, 15) is 0 Å². The number of rotatable bonds is 9. The molecular formula is C15H25NO. The van der Waals surface area contributed by atoms with Gasteiger partial charge in [-0.25, -0.2) is 0 Å². The van der Waals surface area contributed by atoms with E-state index in [1.807, 2.05) is 0 Å². The van der Waals surface area contributed by atoms with Crippen LogP contribution >= 0.6 is 0 Å². The van der Waals surface area contributed by atoms with Crippen LogP contribution in [0.25, 0.3) is 0 Å². The van der Waals surface area contributed by atoms with Gasteiger partial charge in [0.2, 0.25) is 0 Å². The highest BCUT2D eigenvalue weighted by Crippen LogP contribution is 2.08. The molecule has 0 bridgehead atoms. The van der Waals surface area contributed by atoms with Crippen molar-refractivity contribution in [2.24, 2.45) is 0 Å². The average Bonchev–Trinajstić information content (AvgIpc) is 2.36. The minimum absolute atomic E-state index is 0.797. The first-order chi connectivity index (χ1) is 8.36. The van der Waals surface area contributed by atoms with Gasteiger partial charge in [-0.1, -0.05) is 37.6 Å². The Hall–Kier alpha value is -0.860. The zero-order valence-electron chi connectivity index (χ0n) is 11.2. The molecule has 0 aliphatic rings. The zero-order valence-corrected chi connectivity index (χ0v) is 11.2. The molecule has 0 spiro atoms. The Labute approximate surface area is 105 Å². The lowest BCUT2D eigenvalue weighted by Gasteiger charge is -2.05. The van der Waals surface area contributed by atoms with Crippen LogP contribution < -0.4 is 5.32 Å². The molecule has 0 aliphatic heterocycles. The first-order valence-electron chi connectivity index (χ1n) is 6.64. The molecule has 0 aliphatic carbocycles. The number of methoxy groups -OCH3 is 1. The lowest BCUT2D eigenvalue weighted by Crippen LogP contribution is -2.20. The maximum atomic E-state index is 4.98. The molecule has 1 aromatic rings. The molecule has 1 rings (SSSR count). The molecule has 2 nitrogen and oxygen atoms in total. The van der Waals surface area contributed by atoms with E-state index in [0.29, 0.717) is 0 Å². The van der Waals surface area contributed by atoms with Crippen LogP contribution in [-0.4, -0.2) is 26.8 Å². The largest absolute Gasteiger partial charge is 0.383 e. The van der Waals surface area contributed by atoms with E-state index >= 15 is 0 Å². The maximum Gasteiger partial charge on any atom is 0.0587 e. The van der Waals surface area contributed by atoms with Crippen molar-refractivity contribution in [1.82, 2.24) is 5.32 Å². The fraction of sp³-hybridized carbons (Fsp3) is 0.600. The zero-order chi connectivity index (χ0) is 12.3. The van der Waals surface area contributed by atoms with Crippen LogP contribution in [0.4, 0.5) is 0 Å². The van der Waals surface area contributed by atoms with Gasteiger partial charge in [-0.3, -0.25) is 0 Å². The second-order valence-corrected chi connectivity index (χ2v) is 4.41. The second kappa shape index (κ2) is 9.20. The van der Waals surface area contributed by atoms with Gasteiger partial charge < -0.3 is 10.1 Å². The third-order valence-electron chi connectivity index (χ3n) is 2.86. The lowest BCUT2D eigenvalue weighted by atomic mass is 10.0. The highest BCUT2D eigenvalue weighted by molar-refractivity contribution is 5.22. The molecule has 0 amide bonds. The monoisotopic (exact) mass is 235 g/mol.